The predicted molar refractivity (Wildman–Crippen MR) is 68.4 cm³/mol. The number of nitrogens with one attached hydrogen (secondary N) is 2. The van der Waals surface area contributed by atoms with E-state index in [0.29, 0.717) is 6.54 Å². The molecule has 0 spiro atoms. The molecule has 0 unspecified atom stereocenters. The second-order valence-electron chi connectivity index (χ2n) is 4.66. The summed E-state index contributed by atoms with van der Waals surface area (Å²) in [5.74, 6) is 0.842. The highest BCUT2D eigenvalue weighted by atomic mass is 16.2. The van der Waals surface area contributed by atoms with Gasteiger partial charge in [-0.05, 0) is 32.4 Å². The lowest BCUT2D eigenvalue weighted by molar-refractivity contribution is 0.0939. The zero-order valence-electron chi connectivity index (χ0n) is 10.9. The smallest absolute Gasteiger partial charge is 0.291 e. The van der Waals surface area contributed by atoms with Gasteiger partial charge in [0.05, 0.1) is 0 Å². The summed E-state index contributed by atoms with van der Waals surface area (Å²) >= 11 is 0. The van der Waals surface area contributed by atoms with Gasteiger partial charge in [-0.15, -0.1) is 5.10 Å². The van der Waals surface area contributed by atoms with Gasteiger partial charge in [-0.2, -0.15) is 0 Å². The van der Waals surface area contributed by atoms with Crippen LogP contribution in [0.15, 0.2) is 0 Å². The van der Waals surface area contributed by atoms with Crippen molar-refractivity contribution < 1.29 is 4.79 Å². The minimum absolute atomic E-state index is 0.187. The Hall–Kier alpha value is -1.43. The van der Waals surface area contributed by atoms with Crippen molar-refractivity contribution in [3.05, 3.63) is 11.6 Å². The van der Waals surface area contributed by atoms with Crippen molar-refractivity contribution in [2.75, 3.05) is 26.2 Å². The quantitative estimate of drug-likeness (QED) is 0.775. The maximum atomic E-state index is 11.8. The number of aromatic amines is 1. The molecule has 6 nitrogen and oxygen atoms in total. The molecule has 0 atom stereocenters. The first kappa shape index (κ1) is 13.0. The third-order valence-corrected chi connectivity index (χ3v) is 3.13. The van der Waals surface area contributed by atoms with E-state index in [0.717, 1.165) is 38.3 Å². The highest BCUT2D eigenvalue weighted by molar-refractivity contribution is 5.90. The monoisotopic (exact) mass is 251 g/mol. The van der Waals surface area contributed by atoms with Crippen molar-refractivity contribution in [1.29, 1.82) is 0 Å². The molecule has 2 N–H and O–H groups in total. The number of hydrogen-bond donors (Lipinski definition) is 2. The predicted octanol–water partition coefficient (Wildman–Crippen LogP) is 0.583. The van der Waals surface area contributed by atoms with E-state index in [-0.39, 0.29) is 11.7 Å². The van der Waals surface area contributed by atoms with Crippen molar-refractivity contribution >= 4 is 5.91 Å². The summed E-state index contributed by atoms with van der Waals surface area (Å²) in [6.45, 7) is 5.95. The van der Waals surface area contributed by atoms with Crippen LogP contribution in [0, 0.1) is 0 Å². The molecule has 0 bridgehead atoms. The molecule has 1 fully saturated rings. The lowest BCUT2D eigenvalue weighted by Gasteiger charge is -2.13. The van der Waals surface area contributed by atoms with Crippen LogP contribution in [0.5, 0.6) is 0 Å². The largest absolute Gasteiger partial charge is 0.348 e. The fourth-order valence-corrected chi connectivity index (χ4v) is 2.16. The minimum atomic E-state index is -0.187. The van der Waals surface area contributed by atoms with E-state index in [1.165, 1.54) is 12.8 Å². The van der Waals surface area contributed by atoms with Gasteiger partial charge >= 0.3 is 0 Å². The normalized spacial score (nSPS) is 16.1. The Balaban J connectivity index is 1.72. The summed E-state index contributed by atoms with van der Waals surface area (Å²) < 4.78 is 0. The average molecular weight is 251 g/mol. The molecule has 0 saturated carbocycles. The van der Waals surface area contributed by atoms with Crippen LogP contribution < -0.4 is 5.32 Å². The van der Waals surface area contributed by atoms with Gasteiger partial charge < -0.3 is 10.2 Å². The van der Waals surface area contributed by atoms with Crippen LogP contribution in [-0.2, 0) is 6.42 Å². The van der Waals surface area contributed by atoms with Crippen LogP contribution in [0.2, 0.25) is 0 Å². The molecular weight excluding hydrogens is 230 g/mol. The molecule has 6 heteroatoms. The summed E-state index contributed by atoms with van der Waals surface area (Å²) in [6, 6.07) is 0. The summed E-state index contributed by atoms with van der Waals surface area (Å²) in [5.41, 5.74) is 0. The first-order valence-corrected chi connectivity index (χ1v) is 6.71. The molecule has 1 aliphatic heterocycles. The summed E-state index contributed by atoms with van der Waals surface area (Å²) in [7, 11) is 0. The second-order valence-corrected chi connectivity index (χ2v) is 4.66. The molecule has 1 aliphatic rings. The molecule has 0 aliphatic carbocycles. The number of nitrogens with zero attached hydrogens (tertiary/aromatic N) is 3. The van der Waals surface area contributed by atoms with Crippen molar-refractivity contribution in [2.24, 2.45) is 0 Å². The first-order chi connectivity index (χ1) is 8.79. The zero-order valence-corrected chi connectivity index (χ0v) is 10.9. The van der Waals surface area contributed by atoms with Crippen LogP contribution in [0.3, 0.4) is 0 Å². The number of aryl methyl sites for hydroxylation is 1. The van der Waals surface area contributed by atoms with Crippen LogP contribution in [0.1, 0.15) is 42.6 Å². The van der Waals surface area contributed by atoms with Crippen molar-refractivity contribution in [2.45, 2.75) is 32.6 Å². The number of aromatic nitrogens is 3. The average Bonchev–Trinajstić information content (AvgIpc) is 3.00. The molecule has 2 rings (SSSR count). The molecule has 100 valence electrons. The van der Waals surface area contributed by atoms with Gasteiger partial charge in [-0.1, -0.05) is 6.92 Å². The van der Waals surface area contributed by atoms with E-state index in [9.17, 15) is 4.79 Å². The van der Waals surface area contributed by atoms with Gasteiger partial charge in [-0.3, -0.25) is 9.89 Å². The molecule has 0 radical (unpaired) electrons. The number of amides is 1. The number of carbonyl (C=O) groups is 1. The maximum Gasteiger partial charge on any atom is 0.291 e. The van der Waals surface area contributed by atoms with Crippen molar-refractivity contribution in [1.82, 2.24) is 25.4 Å². The zero-order chi connectivity index (χ0) is 12.8. The Bertz CT molecular complexity index is 384. The molecule has 1 aromatic heterocycles. The van der Waals surface area contributed by atoms with Crippen LogP contribution in [-0.4, -0.2) is 52.2 Å². The van der Waals surface area contributed by atoms with E-state index in [1.54, 1.807) is 0 Å². The molecule has 1 saturated heterocycles. The Morgan fingerprint density at radius 2 is 2.22 bits per heavy atom. The van der Waals surface area contributed by atoms with E-state index >= 15 is 0 Å². The maximum absolute atomic E-state index is 11.8. The van der Waals surface area contributed by atoms with Gasteiger partial charge in [0.15, 0.2) is 0 Å². The SMILES string of the molecule is CCCc1nc(C(=O)NCCN2CCCC2)n[nH]1. The molecule has 2 heterocycles. The lowest BCUT2D eigenvalue weighted by atomic mass is 10.3. The minimum Gasteiger partial charge on any atom is -0.348 e. The molecule has 18 heavy (non-hydrogen) atoms. The van der Waals surface area contributed by atoms with E-state index < -0.39 is 0 Å². The Labute approximate surface area is 107 Å². The summed E-state index contributed by atoms with van der Waals surface area (Å²) in [4.78, 5) is 18.3. The van der Waals surface area contributed by atoms with E-state index in [4.69, 9.17) is 0 Å². The molecule has 0 aromatic carbocycles. The Kier molecular flexibility index (Phi) is 4.69. The third kappa shape index (κ3) is 3.53. The van der Waals surface area contributed by atoms with Gasteiger partial charge in [0.25, 0.3) is 5.91 Å². The molecule has 1 amide bonds. The molecular formula is C12H21N5O. The highest BCUT2D eigenvalue weighted by Crippen LogP contribution is 2.05. The number of likely N-dealkylation sites (tertiary alicyclic amines) is 1. The van der Waals surface area contributed by atoms with Gasteiger partial charge in [-0.25, -0.2) is 4.98 Å². The van der Waals surface area contributed by atoms with Crippen LogP contribution in [0.4, 0.5) is 0 Å². The Morgan fingerprint density at radius 1 is 1.44 bits per heavy atom. The summed E-state index contributed by atoms with van der Waals surface area (Å²) in [6.07, 6.45) is 4.36. The van der Waals surface area contributed by atoms with Crippen molar-refractivity contribution in [3.63, 3.8) is 0 Å². The van der Waals surface area contributed by atoms with E-state index in [1.807, 2.05) is 0 Å². The topological polar surface area (TPSA) is 73.9 Å². The Morgan fingerprint density at radius 3 is 2.94 bits per heavy atom. The second kappa shape index (κ2) is 6.49. The standard InChI is InChI=1S/C12H21N5O/c1-2-5-10-14-11(16-15-10)12(18)13-6-9-17-7-3-4-8-17/h2-9H2,1H3,(H,13,18)(H,14,15,16). The number of carbonyl (C=O) groups excluding carboxylic acids is 1. The highest BCUT2D eigenvalue weighted by Gasteiger charge is 2.14. The number of rotatable bonds is 6. The molecule has 1 aromatic rings. The van der Waals surface area contributed by atoms with Gasteiger partial charge in [0, 0.05) is 19.5 Å². The van der Waals surface area contributed by atoms with Gasteiger partial charge in [0.2, 0.25) is 5.82 Å². The fourth-order valence-electron chi connectivity index (χ4n) is 2.16. The van der Waals surface area contributed by atoms with E-state index in [2.05, 4.69) is 32.3 Å². The number of hydrogen-bond acceptors (Lipinski definition) is 4. The van der Waals surface area contributed by atoms with Gasteiger partial charge in [0.1, 0.15) is 5.82 Å². The first-order valence-electron chi connectivity index (χ1n) is 6.71. The third-order valence-electron chi connectivity index (χ3n) is 3.13. The summed E-state index contributed by atoms with van der Waals surface area (Å²) in [5, 5.41) is 9.57. The fraction of sp³-hybridized carbons (Fsp3) is 0.750. The van der Waals surface area contributed by atoms with Crippen molar-refractivity contribution in [3.8, 4) is 0 Å². The van der Waals surface area contributed by atoms with Crippen LogP contribution >= 0.6 is 0 Å². The number of H-pyrrole nitrogens is 1. The van der Waals surface area contributed by atoms with Crippen LogP contribution in [0.25, 0.3) is 0 Å². The lowest BCUT2D eigenvalue weighted by Crippen LogP contribution is -2.33.